The van der Waals surface area contributed by atoms with Crippen molar-refractivity contribution in [2.75, 3.05) is 0 Å². The molecule has 0 saturated heterocycles. The van der Waals surface area contributed by atoms with Crippen LogP contribution in [0.4, 0.5) is 0 Å². The van der Waals surface area contributed by atoms with Crippen LogP contribution in [0.5, 0.6) is 0 Å². The van der Waals surface area contributed by atoms with Crippen LogP contribution in [-0.2, 0) is 12.5 Å². The van der Waals surface area contributed by atoms with Gasteiger partial charge in [0.25, 0.3) is 0 Å². The van der Waals surface area contributed by atoms with Gasteiger partial charge in [-0.1, -0.05) is 63.8 Å². The normalized spacial score (nSPS) is 23.4. The van der Waals surface area contributed by atoms with Crippen LogP contribution in [0.3, 0.4) is 0 Å². The Labute approximate surface area is 223 Å². The summed E-state index contributed by atoms with van der Waals surface area (Å²) < 4.78 is 141. The van der Waals surface area contributed by atoms with Crippen molar-refractivity contribution in [2.45, 2.75) is 52.5 Å². The molecule has 34 heavy (non-hydrogen) atoms. The summed E-state index contributed by atoms with van der Waals surface area (Å²) in [7, 11) is 1.48. The molecule has 0 amide bonds. The first-order valence-corrected chi connectivity index (χ1v) is 10.7. The molecular weight excluding hydrogens is 416 g/mol. The van der Waals surface area contributed by atoms with Crippen LogP contribution in [0, 0.1) is 13.8 Å². The van der Waals surface area contributed by atoms with E-state index >= 15 is 0 Å². The summed E-state index contributed by atoms with van der Waals surface area (Å²) in [6.07, 6.45) is 1.09. The van der Waals surface area contributed by atoms with Crippen LogP contribution in [0.1, 0.15) is 83.1 Å². The van der Waals surface area contributed by atoms with Gasteiger partial charge in [-0.05, 0) is 48.0 Å². The Hall–Kier alpha value is -3.46. The first-order valence-electron chi connectivity index (χ1n) is 18.7. The van der Waals surface area contributed by atoms with Gasteiger partial charge in [0.15, 0.2) is 11.8 Å². The molecule has 170 valence electrons. The highest BCUT2D eigenvalue weighted by Gasteiger charge is 2.37. The Balaban J connectivity index is 1.73. The van der Waals surface area contributed by atoms with Crippen LogP contribution >= 0.6 is 0 Å². The summed E-state index contributed by atoms with van der Waals surface area (Å²) in [5, 5.41) is 0.662. The summed E-state index contributed by atoms with van der Waals surface area (Å²) in [6.45, 7) is -14.3. The lowest BCUT2D eigenvalue weighted by atomic mass is 9.82. The molecule has 0 radical (unpaired) electrons. The fourth-order valence-electron chi connectivity index (χ4n) is 4.94. The highest BCUT2D eigenvalue weighted by molar-refractivity contribution is 6.10. The Morgan fingerprint density at radius 1 is 1.03 bits per heavy atom. The standard InChI is InChI=1S/C31H31N2O/c1-17(2)22-15-26(33(7)16-19(22)4)27-18(3)12-13-20-23-14-25-28(32-30(23)34-29(20)27)21-10-8-9-11-24(21)31(25,5)6/h8-17H,1-7H3/q+1/i1D3,2D3,4D3,5D3,6D3,17D. The van der Waals surface area contributed by atoms with Crippen LogP contribution in [-0.4, -0.2) is 4.98 Å². The molecule has 3 nitrogen and oxygen atoms in total. The second-order valence-electron chi connectivity index (χ2n) is 8.74. The molecule has 3 heteroatoms. The molecule has 6 rings (SSSR count). The van der Waals surface area contributed by atoms with E-state index < -0.39 is 56.7 Å². The van der Waals surface area contributed by atoms with E-state index in [-0.39, 0.29) is 39.2 Å². The van der Waals surface area contributed by atoms with Crippen LogP contribution in [0.25, 0.3) is 44.6 Å². The monoisotopic (exact) mass is 463 g/mol. The molecule has 0 unspecified atom stereocenters. The molecule has 3 aromatic heterocycles. The first-order chi connectivity index (χ1) is 22.7. The maximum atomic E-state index is 8.88. The van der Waals surface area contributed by atoms with Crippen molar-refractivity contribution in [3.05, 3.63) is 82.5 Å². The molecule has 0 fully saturated rings. The minimum atomic E-state index is -3.48. The predicted molar refractivity (Wildman–Crippen MR) is 139 cm³/mol. The van der Waals surface area contributed by atoms with Gasteiger partial charge < -0.3 is 4.42 Å². The number of hydrogen-bond donors (Lipinski definition) is 0. The zero-order chi connectivity index (χ0) is 37.4. The van der Waals surface area contributed by atoms with Gasteiger partial charge in [0.2, 0.25) is 11.4 Å². The van der Waals surface area contributed by atoms with E-state index in [1.54, 1.807) is 37.3 Å². The molecule has 1 aliphatic carbocycles. The van der Waals surface area contributed by atoms with E-state index in [1.165, 1.54) is 23.7 Å². The van der Waals surface area contributed by atoms with E-state index in [0.29, 0.717) is 22.1 Å². The van der Waals surface area contributed by atoms with E-state index in [0.717, 1.165) is 12.3 Å². The van der Waals surface area contributed by atoms with Gasteiger partial charge in [-0.25, -0.2) is 9.55 Å². The smallest absolute Gasteiger partial charge is 0.227 e. The minimum absolute atomic E-state index is 0.0276. The Bertz CT molecular complexity index is 2170. The average molecular weight is 464 g/mol. The number of aromatic nitrogens is 2. The van der Waals surface area contributed by atoms with E-state index in [9.17, 15) is 0 Å². The van der Waals surface area contributed by atoms with Crippen molar-refractivity contribution in [3.8, 4) is 22.5 Å². The molecule has 0 bridgehead atoms. The number of hydrogen-bond acceptors (Lipinski definition) is 2. The molecule has 0 spiro atoms. The summed E-state index contributed by atoms with van der Waals surface area (Å²) in [5.41, 5.74) is -2.12. The van der Waals surface area contributed by atoms with Gasteiger partial charge in [-0.2, -0.15) is 0 Å². The lowest BCUT2D eigenvalue weighted by Gasteiger charge is -2.20. The molecule has 0 aliphatic heterocycles. The Morgan fingerprint density at radius 2 is 1.88 bits per heavy atom. The predicted octanol–water partition coefficient (Wildman–Crippen LogP) is 7.52. The number of furan rings is 1. The molecule has 2 aromatic carbocycles. The summed E-state index contributed by atoms with van der Waals surface area (Å²) in [6, 6.07) is 12.2. The van der Waals surface area contributed by atoms with E-state index in [1.807, 2.05) is 0 Å². The van der Waals surface area contributed by atoms with Crippen molar-refractivity contribution in [1.82, 2.24) is 4.98 Å². The third-order valence-corrected chi connectivity index (χ3v) is 6.63. The molecule has 0 atom stereocenters. The molecule has 0 N–H and O–H groups in total. The maximum Gasteiger partial charge on any atom is 0.227 e. The van der Waals surface area contributed by atoms with Crippen molar-refractivity contribution >= 4 is 22.1 Å². The van der Waals surface area contributed by atoms with Crippen molar-refractivity contribution in [2.24, 2.45) is 7.05 Å². The van der Waals surface area contributed by atoms with Crippen LogP contribution in [0.2, 0.25) is 0 Å². The van der Waals surface area contributed by atoms with Crippen LogP contribution in [0.15, 0.2) is 59.1 Å². The van der Waals surface area contributed by atoms with E-state index in [4.69, 9.17) is 26.3 Å². The SMILES string of the molecule is [2H]C([2H])([2H])c1c[n+](C)c(-c2c(C)ccc3c2oc2nc4c(cc23)C(C([2H])([2H])[2H])(C([2H])([2H])[2H])c2ccccc2-4)cc1C([2H])(C([2H])([2H])[2H])C([2H])([2H])[2H]. The van der Waals surface area contributed by atoms with Crippen molar-refractivity contribution in [3.63, 3.8) is 0 Å². The number of aryl methyl sites for hydroxylation is 3. The molecule has 0 saturated carbocycles. The molecule has 1 aliphatic rings. The van der Waals surface area contributed by atoms with Gasteiger partial charge in [0.1, 0.15) is 7.05 Å². The third-order valence-electron chi connectivity index (χ3n) is 6.63. The quantitative estimate of drug-likeness (QED) is 0.253. The van der Waals surface area contributed by atoms with Crippen molar-refractivity contribution < 1.29 is 30.9 Å². The lowest BCUT2D eigenvalue weighted by molar-refractivity contribution is -0.660. The lowest BCUT2D eigenvalue weighted by Crippen LogP contribution is -2.32. The number of benzene rings is 2. The third kappa shape index (κ3) is 2.76. The number of pyridine rings is 2. The zero-order valence-corrected chi connectivity index (χ0v) is 18.5. The second kappa shape index (κ2) is 7.02. The largest absolute Gasteiger partial charge is 0.437 e. The minimum Gasteiger partial charge on any atom is -0.437 e. The van der Waals surface area contributed by atoms with Crippen LogP contribution < -0.4 is 4.57 Å². The summed E-state index contributed by atoms with van der Waals surface area (Å²) >= 11 is 0. The fraction of sp³-hybridized carbons (Fsp3) is 0.290. The van der Waals surface area contributed by atoms with Gasteiger partial charge in [0.05, 0.1) is 11.3 Å². The highest BCUT2D eigenvalue weighted by Crippen LogP contribution is 2.49. The fourth-order valence-corrected chi connectivity index (χ4v) is 4.94. The second-order valence-corrected chi connectivity index (χ2v) is 8.74. The summed E-state index contributed by atoms with van der Waals surface area (Å²) in [4.78, 5) is 4.68. The Kier molecular flexibility index (Phi) is 2.07. The topological polar surface area (TPSA) is 29.9 Å². The highest BCUT2D eigenvalue weighted by atomic mass is 16.3. The maximum absolute atomic E-state index is 8.88. The number of rotatable bonds is 2. The number of fused-ring (bicyclic) bond motifs is 6. The first kappa shape index (κ1) is 10.0. The van der Waals surface area contributed by atoms with Gasteiger partial charge in [-0.3, -0.25) is 0 Å². The van der Waals surface area contributed by atoms with Crippen molar-refractivity contribution in [1.29, 1.82) is 0 Å². The average Bonchev–Trinajstić information content (AvgIpc) is 3.46. The van der Waals surface area contributed by atoms with Gasteiger partial charge >= 0.3 is 0 Å². The Morgan fingerprint density at radius 3 is 2.68 bits per heavy atom. The summed E-state index contributed by atoms with van der Waals surface area (Å²) in [5.74, 6) is -3.34. The molecular formula is C31H31N2O+. The van der Waals surface area contributed by atoms with E-state index in [2.05, 4.69) is 4.98 Å². The number of nitrogens with zero attached hydrogens (tertiary/aromatic N) is 2. The zero-order valence-electron chi connectivity index (χ0n) is 34.5. The van der Waals surface area contributed by atoms with Gasteiger partial charge in [0, 0.05) is 55.3 Å². The molecule has 5 aromatic rings. The molecule has 3 heterocycles. The van der Waals surface area contributed by atoms with Gasteiger partial charge in [-0.15, -0.1) is 0 Å².